The van der Waals surface area contributed by atoms with Crippen molar-refractivity contribution >= 4 is 0 Å². The largest absolute Gasteiger partial charge is 0.193 e. The van der Waals surface area contributed by atoms with Gasteiger partial charge in [-0.3, -0.25) is 0 Å². The maximum Gasteiger partial charge on any atom is 0.0940 e. The molecule has 0 radical (unpaired) electrons. The van der Waals surface area contributed by atoms with Gasteiger partial charge in [0.05, 0.1) is 6.07 Å². The molecule has 1 heteroatoms. The van der Waals surface area contributed by atoms with Crippen molar-refractivity contribution in [1.82, 2.24) is 0 Å². The van der Waals surface area contributed by atoms with E-state index in [4.69, 9.17) is 5.26 Å². The Morgan fingerprint density at radius 2 is 2.00 bits per heavy atom. The summed E-state index contributed by atoms with van der Waals surface area (Å²) in [6.45, 7) is 5.86. The van der Waals surface area contributed by atoms with E-state index in [1.165, 1.54) is 12.8 Å². The molecular weight excluding hydrogens is 122 g/mol. The summed E-state index contributed by atoms with van der Waals surface area (Å²) in [5.41, 5.74) is 0.868. The fourth-order valence-electron chi connectivity index (χ4n) is 0.654. The highest BCUT2D eigenvalue weighted by molar-refractivity contribution is 5.19. The first-order valence-electron chi connectivity index (χ1n) is 3.91. The van der Waals surface area contributed by atoms with E-state index in [2.05, 4.69) is 12.1 Å². The van der Waals surface area contributed by atoms with Gasteiger partial charge in [0.25, 0.3) is 0 Å². The molecule has 1 aliphatic carbocycles. The summed E-state index contributed by atoms with van der Waals surface area (Å²) in [6, 6.07) is 2.10. The summed E-state index contributed by atoms with van der Waals surface area (Å²) >= 11 is 0. The SMILES string of the molecule is C/C(C#N)=C/C1CC1.CC. The molecule has 1 fully saturated rings. The van der Waals surface area contributed by atoms with Gasteiger partial charge in [-0.25, -0.2) is 0 Å². The quantitative estimate of drug-likeness (QED) is 0.510. The van der Waals surface area contributed by atoms with Crippen LogP contribution < -0.4 is 0 Å². The smallest absolute Gasteiger partial charge is 0.0940 e. The predicted octanol–water partition coefficient (Wildman–Crippen LogP) is 2.89. The number of nitrogens with zero attached hydrogens (tertiary/aromatic N) is 1. The molecule has 0 aromatic heterocycles. The zero-order chi connectivity index (χ0) is 7.98. The van der Waals surface area contributed by atoms with Crippen molar-refractivity contribution < 1.29 is 0 Å². The van der Waals surface area contributed by atoms with Crippen molar-refractivity contribution in [3.8, 4) is 6.07 Å². The van der Waals surface area contributed by atoms with Crippen LogP contribution in [-0.2, 0) is 0 Å². The van der Waals surface area contributed by atoms with Crippen LogP contribution in [0, 0.1) is 17.2 Å². The minimum Gasteiger partial charge on any atom is -0.193 e. The molecule has 0 saturated heterocycles. The number of rotatable bonds is 1. The van der Waals surface area contributed by atoms with E-state index in [9.17, 15) is 0 Å². The third-order valence-corrected chi connectivity index (χ3v) is 1.28. The van der Waals surface area contributed by atoms with Crippen LogP contribution in [0.3, 0.4) is 0 Å². The Balaban J connectivity index is 0.000000371. The lowest BCUT2D eigenvalue weighted by atomic mass is 10.2. The van der Waals surface area contributed by atoms with Gasteiger partial charge in [0.15, 0.2) is 0 Å². The van der Waals surface area contributed by atoms with Crippen LogP contribution in [-0.4, -0.2) is 0 Å². The Labute approximate surface area is 63.4 Å². The summed E-state index contributed by atoms with van der Waals surface area (Å²) in [7, 11) is 0. The molecule has 0 amide bonds. The molecule has 0 bridgehead atoms. The first-order chi connectivity index (χ1) is 4.83. The number of hydrogen-bond donors (Lipinski definition) is 0. The zero-order valence-corrected chi connectivity index (χ0v) is 7.02. The van der Waals surface area contributed by atoms with Crippen molar-refractivity contribution in [1.29, 1.82) is 5.26 Å². The molecule has 1 saturated carbocycles. The van der Waals surface area contributed by atoms with Gasteiger partial charge in [-0.15, -0.1) is 0 Å². The highest BCUT2D eigenvalue weighted by atomic mass is 14.3. The Kier molecular flexibility index (Phi) is 4.66. The Morgan fingerprint density at radius 3 is 2.30 bits per heavy atom. The second kappa shape index (κ2) is 5.05. The fourth-order valence-corrected chi connectivity index (χ4v) is 0.654. The molecule has 0 unspecified atom stereocenters. The van der Waals surface area contributed by atoms with E-state index in [-0.39, 0.29) is 0 Å². The maximum atomic E-state index is 8.29. The van der Waals surface area contributed by atoms with Crippen molar-refractivity contribution in [2.45, 2.75) is 33.6 Å². The van der Waals surface area contributed by atoms with Crippen LogP contribution in [0.2, 0.25) is 0 Å². The zero-order valence-electron chi connectivity index (χ0n) is 7.02. The van der Waals surface area contributed by atoms with Gasteiger partial charge < -0.3 is 0 Å². The third kappa shape index (κ3) is 4.14. The molecule has 0 atom stereocenters. The Bertz CT molecular complexity index is 147. The van der Waals surface area contributed by atoms with Crippen LogP contribution >= 0.6 is 0 Å². The second-order valence-corrected chi connectivity index (χ2v) is 2.30. The maximum absolute atomic E-state index is 8.29. The summed E-state index contributed by atoms with van der Waals surface area (Å²) < 4.78 is 0. The first-order valence-corrected chi connectivity index (χ1v) is 3.91. The lowest BCUT2D eigenvalue weighted by molar-refractivity contribution is 1.10. The van der Waals surface area contributed by atoms with Crippen LogP contribution in [0.15, 0.2) is 11.6 Å². The molecule has 56 valence electrons. The monoisotopic (exact) mass is 137 g/mol. The van der Waals surface area contributed by atoms with Crippen molar-refractivity contribution in [3.63, 3.8) is 0 Å². The molecule has 0 heterocycles. The van der Waals surface area contributed by atoms with Gasteiger partial charge in [-0.1, -0.05) is 19.9 Å². The van der Waals surface area contributed by atoms with Gasteiger partial charge in [0.1, 0.15) is 0 Å². The third-order valence-electron chi connectivity index (χ3n) is 1.28. The van der Waals surface area contributed by atoms with Crippen molar-refractivity contribution in [3.05, 3.63) is 11.6 Å². The average molecular weight is 137 g/mol. The fraction of sp³-hybridized carbons (Fsp3) is 0.667. The summed E-state index contributed by atoms with van der Waals surface area (Å²) in [5, 5.41) is 8.29. The first kappa shape index (κ1) is 9.23. The molecule has 0 spiro atoms. The molecule has 1 aliphatic rings. The van der Waals surface area contributed by atoms with Crippen molar-refractivity contribution in [2.24, 2.45) is 5.92 Å². The van der Waals surface area contributed by atoms with E-state index < -0.39 is 0 Å². The number of hydrogen-bond acceptors (Lipinski definition) is 1. The van der Waals surface area contributed by atoms with E-state index in [0.29, 0.717) is 0 Å². The van der Waals surface area contributed by atoms with Crippen LogP contribution in [0.4, 0.5) is 0 Å². The highest BCUT2D eigenvalue weighted by Gasteiger charge is 2.17. The molecule has 1 nitrogen and oxygen atoms in total. The minimum atomic E-state index is 0.745. The Morgan fingerprint density at radius 1 is 1.50 bits per heavy atom. The van der Waals surface area contributed by atoms with Crippen LogP contribution in [0.1, 0.15) is 33.6 Å². The van der Waals surface area contributed by atoms with E-state index in [1.807, 2.05) is 20.8 Å². The molecule has 1 rings (SSSR count). The van der Waals surface area contributed by atoms with Crippen molar-refractivity contribution in [2.75, 3.05) is 0 Å². The number of nitriles is 1. The standard InChI is InChI=1S/C7H9N.C2H6/c1-6(5-8)4-7-2-3-7;1-2/h4,7H,2-3H2,1H3;1-2H3/b6-4-;. The van der Waals surface area contributed by atoms with Gasteiger partial charge in [-0.2, -0.15) is 5.26 Å². The van der Waals surface area contributed by atoms with Gasteiger partial charge in [0, 0.05) is 5.57 Å². The molecule has 0 aromatic rings. The van der Waals surface area contributed by atoms with E-state index in [0.717, 1.165) is 11.5 Å². The molecule has 0 aromatic carbocycles. The molecular formula is C9H15N. The molecule has 0 N–H and O–H groups in total. The Hall–Kier alpha value is -0.770. The van der Waals surface area contributed by atoms with Gasteiger partial charge in [-0.05, 0) is 25.7 Å². The lowest BCUT2D eigenvalue weighted by Gasteiger charge is -1.79. The summed E-state index contributed by atoms with van der Waals surface area (Å²) in [4.78, 5) is 0. The molecule has 10 heavy (non-hydrogen) atoms. The highest BCUT2D eigenvalue weighted by Crippen LogP contribution is 2.30. The van der Waals surface area contributed by atoms with Gasteiger partial charge >= 0.3 is 0 Å². The predicted molar refractivity (Wildman–Crippen MR) is 43.4 cm³/mol. The molecule has 0 aliphatic heterocycles. The van der Waals surface area contributed by atoms with Crippen LogP contribution in [0.5, 0.6) is 0 Å². The number of allylic oxidation sites excluding steroid dienone is 2. The van der Waals surface area contributed by atoms with Gasteiger partial charge in [0.2, 0.25) is 0 Å². The minimum absolute atomic E-state index is 0.745. The lowest BCUT2D eigenvalue weighted by Crippen LogP contribution is -1.68. The average Bonchev–Trinajstić information content (AvgIpc) is 2.76. The van der Waals surface area contributed by atoms with E-state index >= 15 is 0 Å². The second-order valence-electron chi connectivity index (χ2n) is 2.30. The normalized spacial score (nSPS) is 16.8. The van der Waals surface area contributed by atoms with Crippen LogP contribution in [0.25, 0.3) is 0 Å². The summed E-state index contributed by atoms with van der Waals surface area (Å²) in [5.74, 6) is 0.745. The summed E-state index contributed by atoms with van der Waals surface area (Å²) in [6.07, 6.45) is 4.64. The van der Waals surface area contributed by atoms with E-state index in [1.54, 1.807) is 0 Å². The topological polar surface area (TPSA) is 23.8 Å².